The second-order valence-electron chi connectivity index (χ2n) is 4.15. The van der Waals surface area contributed by atoms with Crippen LogP contribution < -0.4 is 5.32 Å². The van der Waals surface area contributed by atoms with E-state index in [1.54, 1.807) is 42.9 Å². The molecular formula is C14H12N4O3. The molecule has 0 aliphatic heterocycles. The van der Waals surface area contributed by atoms with Gasteiger partial charge in [0, 0.05) is 6.08 Å². The minimum atomic E-state index is -0.248. The van der Waals surface area contributed by atoms with Crippen LogP contribution in [0, 0.1) is 0 Å². The Bertz CT molecular complexity index is 726. The molecule has 3 aromatic heterocycles. The van der Waals surface area contributed by atoms with E-state index in [-0.39, 0.29) is 12.5 Å². The molecule has 0 aliphatic carbocycles. The Balaban J connectivity index is 1.54. The molecule has 0 saturated carbocycles. The number of aromatic amines is 1. The lowest BCUT2D eigenvalue weighted by Gasteiger charge is -1.97. The van der Waals surface area contributed by atoms with Crippen LogP contribution in [0.2, 0.25) is 0 Å². The number of H-pyrrole nitrogens is 1. The van der Waals surface area contributed by atoms with Crippen LogP contribution in [0.1, 0.15) is 11.6 Å². The van der Waals surface area contributed by atoms with E-state index in [0.29, 0.717) is 23.2 Å². The van der Waals surface area contributed by atoms with Gasteiger partial charge in [-0.05, 0) is 30.3 Å². The van der Waals surface area contributed by atoms with Crippen LogP contribution >= 0.6 is 0 Å². The molecule has 0 atom stereocenters. The molecule has 3 rings (SSSR count). The van der Waals surface area contributed by atoms with E-state index in [9.17, 15) is 4.79 Å². The van der Waals surface area contributed by atoms with E-state index in [2.05, 4.69) is 20.5 Å². The van der Waals surface area contributed by atoms with Crippen LogP contribution in [-0.2, 0) is 11.3 Å². The topological polar surface area (TPSA) is 97.0 Å². The number of amides is 1. The maximum atomic E-state index is 11.6. The first-order valence-electron chi connectivity index (χ1n) is 6.26. The van der Waals surface area contributed by atoms with Gasteiger partial charge in [-0.3, -0.25) is 9.89 Å². The van der Waals surface area contributed by atoms with Gasteiger partial charge in [0.15, 0.2) is 5.76 Å². The van der Waals surface area contributed by atoms with Crippen molar-refractivity contribution >= 4 is 12.0 Å². The molecule has 7 heteroatoms. The Morgan fingerprint density at radius 3 is 2.90 bits per heavy atom. The van der Waals surface area contributed by atoms with Gasteiger partial charge >= 0.3 is 0 Å². The molecule has 2 N–H and O–H groups in total. The lowest BCUT2D eigenvalue weighted by atomic mass is 10.4. The zero-order chi connectivity index (χ0) is 14.5. The second kappa shape index (κ2) is 5.91. The molecule has 1 amide bonds. The molecule has 7 nitrogen and oxygen atoms in total. The average Bonchev–Trinajstić information content (AvgIpc) is 3.24. The largest absolute Gasteiger partial charge is 0.465 e. The third kappa shape index (κ3) is 3.27. The maximum Gasteiger partial charge on any atom is 0.244 e. The van der Waals surface area contributed by atoms with Crippen LogP contribution in [0.5, 0.6) is 0 Å². The first-order valence-corrected chi connectivity index (χ1v) is 6.26. The van der Waals surface area contributed by atoms with E-state index in [1.165, 1.54) is 6.08 Å². The van der Waals surface area contributed by atoms with Crippen LogP contribution in [0.3, 0.4) is 0 Å². The number of carbonyl (C=O) groups is 1. The highest BCUT2D eigenvalue weighted by molar-refractivity contribution is 5.91. The van der Waals surface area contributed by atoms with E-state index in [1.807, 2.05) is 0 Å². The van der Waals surface area contributed by atoms with Crippen LogP contribution in [0.25, 0.3) is 17.7 Å². The Morgan fingerprint density at radius 1 is 1.29 bits per heavy atom. The van der Waals surface area contributed by atoms with Crippen LogP contribution in [0.4, 0.5) is 0 Å². The van der Waals surface area contributed by atoms with Gasteiger partial charge in [0.25, 0.3) is 0 Å². The summed E-state index contributed by atoms with van der Waals surface area (Å²) < 4.78 is 10.3. The van der Waals surface area contributed by atoms with Crippen molar-refractivity contribution in [2.75, 3.05) is 0 Å². The molecule has 21 heavy (non-hydrogen) atoms. The van der Waals surface area contributed by atoms with Gasteiger partial charge in [0.2, 0.25) is 11.7 Å². The molecule has 106 valence electrons. The van der Waals surface area contributed by atoms with Crippen LogP contribution in [0.15, 0.2) is 51.7 Å². The summed E-state index contributed by atoms with van der Waals surface area (Å²) >= 11 is 0. The fourth-order valence-corrected chi connectivity index (χ4v) is 1.66. The van der Waals surface area contributed by atoms with E-state index >= 15 is 0 Å². The summed E-state index contributed by atoms with van der Waals surface area (Å²) in [4.78, 5) is 15.8. The molecule has 3 aromatic rings. The van der Waals surface area contributed by atoms with Gasteiger partial charge in [0.05, 0.1) is 19.1 Å². The monoisotopic (exact) mass is 284 g/mol. The zero-order valence-corrected chi connectivity index (χ0v) is 10.9. The molecule has 0 aromatic carbocycles. The smallest absolute Gasteiger partial charge is 0.244 e. The number of nitrogens with zero attached hydrogens (tertiary/aromatic N) is 2. The Labute approximate surface area is 119 Å². The number of hydrogen-bond acceptors (Lipinski definition) is 5. The zero-order valence-electron chi connectivity index (χ0n) is 10.9. The summed E-state index contributed by atoms with van der Waals surface area (Å²) in [6.07, 6.45) is 6.07. The molecular weight excluding hydrogens is 272 g/mol. The quantitative estimate of drug-likeness (QED) is 0.698. The van der Waals surface area contributed by atoms with Crippen molar-refractivity contribution in [3.63, 3.8) is 0 Å². The highest BCUT2D eigenvalue weighted by atomic mass is 16.3. The molecule has 0 fully saturated rings. The predicted molar refractivity (Wildman–Crippen MR) is 73.7 cm³/mol. The highest BCUT2D eigenvalue weighted by Gasteiger charge is 2.08. The molecule has 0 unspecified atom stereocenters. The van der Waals surface area contributed by atoms with Crippen LogP contribution in [-0.4, -0.2) is 21.1 Å². The van der Waals surface area contributed by atoms with Gasteiger partial charge in [-0.15, -0.1) is 5.10 Å². The summed E-state index contributed by atoms with van der Waals surface area (Å²) in [7, 11) is 0. The standard InChI is InChI=1S/C14H12N4O3/c19-13(6-5-10-3-1-7-20-10)15-9-12-16-14(18-17-12)11-4-2-8-21-11/h1-8H,9H2,(H,15,19)(H,16,17,18)/b6-5+. The summed E-state index contributed by atoms with van der Waals surface area (Å²) in [5.74, 6) is 1.94. The van der Waals surface area contributed by atoms with Crippen molar-refractivity contribution < 1.29 is 13.6 Å². The summed E-state index contributed by atoms with van der Waals surface area (Å²) in [5, 5.41) is 9.44. The Morgan fingerprint density at radius 2 is 2.14 bits per heavy atom. The van der Waals surface area contributed by atoms with Gasteiger partial charge in [-0.25, -0.2) is 4.98 Å². The summed E-state index contributed by atoms with van der Waals surface area (Å²) in [5.41, 5.74) is 0. The SMILES string of the molecule is O=C(/C=C/c1ccco1)NCc1nc(-c2ccco2)n[nH]1. The van der Waals surface area contributed by atoms with Gasteiger partial charge in [0.1, 0.15) is 11.6 Å². The number of rotatable bonds is 5. The minimum absolute atomic E-state index is 0.245. The number of nitrogens with one attached hydrogen (secondary N) is 2. The third-order valence-corrected chi connectivity index (χ3v) is 2.65. The minimum Gasteiger partial charge on any atom is -0.465 e. The van der Waals surface area contributed by atoms with E-state index in [4.69, 9.17) is 8.83 Å². The fraction of sp³-hybridized carbons (Fsp3) is 0.0714. The summed E-state index contributed by atoms with van der Waals surface area (Å²) in [6, 6.07) is 7.03. The Kier molecular flexibility index (Phi) is 3.64. The maximum absolute atomic E-state index is 11.6. The van der Waals surface area contributed by atoms with Crippen molar-refractivity contribution in [1.82, 2.24) is 20.5 Å². The summed E-state index contributed by atoms with van der Waals surface area (Å²) in [6.45, 7) is 0.245. The molecule has 0 bridgehead atoms. The number of carbonyl (C=O) groups excluding carboxylic acids is 1. The molecule has 3 heterocycles. The van der Waals surface area contributed by atoms with Gasteiger partial charge in [-0.2, -0.15) is 0 Å². The third-order valence-electron chi connectivity index (χ3n) is 2.65. The van der Waals surface area contributed by atoms with Crippen molar-refractivity contribution in [3.8, 4) is 11.6 Å². The van der Waals surface area contributed by atoms with Crippen molar-refractivity contribution in [1.29, 1.82) is 0 Å². The highest BCUT2D eigenvalue weighted by Crippen LogP contribution is 2.14. The number of furan rings is 2. The number of aromatic nitrogens is 3. The Hall–Kier alpha value is -3.09. The van der Waals surface area contributed by atoms with Crippen molar-refractivity contribution in [3.05, 3.63) is 54.5 Å². The normalized spacial score (nSPS) is 11.0. The fourth-order valence-electron chi connectivity index (χ4n) is 1.66. The molecule has 0 aliphatic rings. The van der Waals surface area contributed by atoms with E-state index in [0.717, 1.165) is 0 Å². The molecule has 0 radical (unpaired) electrons. The van der Waals surface area contributed by atoms with E-state index < -0.39 is 0 Å². The average molecular weight is 284 g/mol. The lowest BCUT2D eigenvalue weighted by Crippen LogP contribution is -2.20. The van der Waals surface area contributed by atoms with Crippen molar-refractivity contribution in [2.45, 2.75) is 6.54 Å². The molecule has 0 saturated heterocycles. The first kappa shape index (κ1) is 12.9. The second-order valence-corrected chi connectivity index (χ2v) is 4.15. The lowest BCUT2D eigenvalue weighted by molar-refractivity contribution is -0.116. The van der Waals surface area contributed by atoms with Gasteiger partial charge < -0.3 is 14.2 Å². The van der Waals surface area contributed by atoms with Gasteiger partial charge in [-0.1, -0.05) is 0 Å². The number of hydrogen-bond donors (Lipinski definition) is 2. The molecule has 0 spiro atoms. The first-order chi connectivity index (χ1) is 10.3. The predicted octanol–water partition coefficient (Wildman–Crippen LogP) is 1.99. The van der Waals surface area contributed by atoms with Crippen molar-refractivity contribution in [2.24, 2.45) is 0 Å².